The minimum atomic E-state index is 0.470. The standard InChI is InChI=1S/C13H15N3OS/c1-10-3-2-4-11(9-10)17-7-8-18-13-12(14)15-5-6-16-13/h2-6,9H,7-8H2,1H3,(H2,14,15). The first-order chi connectivity index (χ1) is 8.75. The summed E-state index contributed by atoms with van der Waals surface area (Å²) >= 11 is 1.55. The van der Waals surface area contributed by atoms with Gasteiger partial charge in [-0.05, 0) is 24.6 Å². The maximum atomic E-state index is 5.70. The number of nitrogen functional groups attached to an aromatic ring is 1. The molecule has 18 heavy (non-hydrogen) atoms. The van der Waals surface area contributed by atoms with Gasteiger partial charge in [-0.2, -0.15) is 0 Å². The first kappa shape index (κ1) is 12.7. The number of benzene rings is 1. The summed E-state index contributed by atoms with van der Waals surface area (Å²) < 4.78 is 5.64. The molecule has 2 N–H and O–H groups in total. The summed E-state index contributed by atoms with van der Waals surface area (Å²) in [5.74, 6) is 2.15. The molecule has 2 rings (SSSR count). The maximum absolute atomic E-state index is 5.70. The van der Waals surface area contributed by atoms with Crippen molar-refractivity contribution in [2.75, 3.05) is 18.1 Å². The number of thioether (sulfide) groups is 1. The highest BCUT2D eigenvalue weighted by molar-refractivity contribution is 7.99. The van der Waals surface area contributed by atoms with Crippen molar-refractivity contribution in [2.24, 2.45) is 0 Å². The molecule has 0 aliphatic heterocycles. The first-order valence-electron chi connectivity index (χ1n) is 5.64. The Morgan fingerprint density at radius 3 is 2.89 bits per heavy atom. The predicted octanol–water partition coefficient (Wildman–Crippen LogP) is 2.54. The minimum absolute atomic E-state index is 0.470. The molecule has 1 aromatic carbocycles. The molecule has 94 valence electrons. The third-order valence-corrected chi connectivity index (χ3v) is 3.23. The molecular weight excluding hydrogens is 246 g/mol. The van der Waals surface area contributed by atoms with E-state index in [0.717, 1.165) is 16.5 Å². The maximum Gasteiger partial charge on any atom is 0.156 e. The van der Waals surface area contributed by atoms with Crippen molar-refractivity contribution in [3.05, 3.63) is 42.2 Å². The van der Waals surface area contributed by atoms with Crippen LogP contribution in [0.25, 0.3) is 0 Å². The number of aromatic nitrogens is 2. The number of hydrogen-bond acceptors (Lipinski definition) is 5. The molecule has 0 spiro atoms. The molecule has 0 fully saturated rings. The van der Waals surface area contributed by atoms with Crippen LogP contribution in [0.5, 0.6) is 5.75 Å². The largest absolute Gasteiger partial charge is 0.493 e. The van der Waals surface area contributed by atoms with Gasteiger partial charge >= 0.3 is 0 Å². The van der Waals surface area contributed by atoms with E-state index in [9.17, 15) is 0 Å². The van der Waals surface area contributed by atoms with Gasteiger partial charge in [0, 0.05) is 18.1 Å². The van der Waals surface area contributed by atoms with Gasteiger partial charge in [-0.25, -0.2) is 9.97 Å². The smallest absolute Gasteiger partial charge is 0.156 e. The molecule has 0 saturated carbocycles. The van der Waals surface area contributed by atoms with Crippen LogP contribution >= 0.6 is 11.8 Å². The summed E-state index contributed by atoms with van der Waals surface area (Å²) in [4.78, 5) is 8.14. The van der Waals surface area contributed by atoms with Crippen molar-refractivity contribution in [2.45, 2.75) is 11.9 Å². The number of nitrogens with two attached hydrogens (primary N) is 1. The monoisotopic (exact) mass is 261 g/mol. The lowest BCUT2D eigenvalue weighted by molar-refractivity contribution is 0.343. The third kappa shape index (κ3) is 3.63. The van der Waals surface area contributed by atoms with Crippen molar-refractivity contribution in [3.8, 4) is 5.75 Å². The number of nitrogens with zero attached hydrogens (tertiary/aromatic N) is 2. The molecule has 2 aromatic rings. The molecule has 0 atom stereocenters. The van der Waals surface area contributed by atoms with E-state index in [1.54, 1.807) is 24.2 Å². The van der Waals surface area contributed by atoms with E-state index >= 15 is 0 Å². The van der Waals surface area contributed by atoms with Gasteiger partial charge in [-0.3, -0.25) is 0 Å². The van der Waals surface area contributed by atoms with Crippen LogP contribution in [0.2, 0.25) is 0 Å². The summed E-state index contributed by atoms with van der Waals surface area (Å²) in [7, 11) is 0. The Labute approximate surface area is 111 Å². The molecule has 5 heteroatoms. The van der Waals surface area contributed by atoms with Crippen molar-refractivity contribution in [3.63, 3.8) is 0 Å². The van der Waals surface area contributed by atoms with Crippen LogP contribution in [0.15, 0.2) is 41.7 Å². The van der Waals surface area contributed by atoms with Crippen LogP contribution in [0.4, 0.5) is 5.82 Å². The van der Waals surface area contributed by atoms with Gasteiger partial charge in [-0.1, -0.05) is 23.9 Å². The first-order valence-corrected chi connectivity index (χ1v) is 6.63. The summed E-state index contributed by atoms with van der Waals surface area (Å²) in [6.07, 6.45) is 3.22. The summed E-state index contributed by atoms with van der Waals surface area (Å²) in [5, 5.41) is 0.755. The van der Waals surface area contributed by atoms with Crippen LogP contribution in [0.3, 0.4) is 0 Å². The normalized spacial score (nSPS) is 10.3. The lowest BCUT2D eigenvalue weighted by atomic mass is 10.2. The Morgan fingerprint density at radius 2 is 2.11 bits per heavy atom. The number of aryl methyl sites for hydroxylation is 1. The van der Waals surface area contributed by atoms with Gasteiger partial charge in [0.05, 0.1) is 6.61 Å². The lowest BCUT2D eigenvalue weighted by Gasteiger charge is -2.06. The Balaban J connectivity index is 1.78. The van der Waals surface area contributed by atoms with E-state index in [-0.39, 0.29) is 0 Å². The molecular formula is C13H15N3OS. The van der Waals surface area contributed by atoms with Gasteiger partial charge in [0.15, 0.2) is 5.82 Å². The van der Waals surface area contributed by atoms with Crippen LogP contribution in [-0.2, 0) is 0 Å². The minimum Gasteiger partial charge on any atom is -0.493 e. The van der Waals surface area contributed by atoms with Gasteiger partial charge in [-0.15, -0.1) is 0 Å². The second-order valence-corrected chi connectivity index (χ2v) is 4.84. The highest BCUT2D eigenvalue weighted by Gasteiger charge is 2.01. The van der Waals surface area contributed by atoms with E-state index in [0.29, 0.717) is 12.4 Å². The Morgan fingerprint density at radius 1 is 1.28 bits per heavy atom. The molecule has 0 unspecified atom stereocenters. The van der Waals surface area contributed by atoms with E-state index < -0.39 is 0 Å². The van der Waals surface area contributed by atoms with E-state index in [1.807, 2.05) is 31.2 Å². The summed E-state index contributed by atoms with van der Waals surface area (Å²) in [6.45, 7) is 2.66. The topological polar surface area (TPSA) is 61.0 Å². The number of rotatable bonds is 5. The Bertz CT molecular complexity index is 519. The van der Waals surface area contributed by atoms with E-state index in [2.05, 4.69) is 9.97 Å². The van der Waals surface area contributed by atoms with Crippen molar-refractivity contribution in [1.29, 1.82) is 0 Å². The average Bonchev–Trinajstić information content (AvgIpc) is 2.37. The van der Waals surface area contributed by atoms with Crippen LogP contribution in [0, 0.1) is 6.92 Å². The Hall–Kier alpha value is -1.75. The number of ether oxygens (including phenoxy) is 1. The Kier molecular flexibility index (Phi) is 4.41. The molecule has 0 aliphatic rings. The molecule has 0 amide bonds. The van der Waals surface area contributed by atoms with Crippen molar-refractivity contribution >= 4 is 17.6 Å². The molecule has 1 aromatic heterocycles. The van der Waals surface area contributed by atoms with Crippen molar-refractivity contribution in [1.82, 2.24) is 9.97 Å². The van der Waals surface area contributed by atoms with E-state index in [1.165, 1.54) is 5.56 Å². The molecule has 0 saturated heterocycles. The predicted molar refractivity (Wildman–Crippen MR) is 73.8 cm³/mol. The van der Waals surface area contributed by atoms with E-state index in [4.69, 9.17) is 10.5 Å². The second-order valence-electron chi connectivity index (χ2n) is 3.76. The summed E-state index contributed by atoms with van der Waals surface area (Å²) in [5.41, 5.74) is 6.89. The highest BCUT2D eigenvalue weighted by atomic mass is 32.2. The average molecular weight is 261 g/mol. The molecule has 0 bridgehead atoms. The SMILES string of the molecule is Cc1cccc(OCCSc2nccnc2N)c1. The fourth-order valence-electron chi connectivity index (χ4n) is 1.45. The zero-order valence-electron chi connectivity index (χ0n) is 10.2. The highest BCUT2D eigenvalue weighted by Crippen LogP contribution is 2.20. The zero-order valence-corrected chi connectivity index (χ0v) is 11.0. The van der Waals surface area contributed by atoms with Gasteiger partial charge in [0.1, 0.15) is 10.8 Å². The zero-order chi connectivity index (χ0) is 12.8. The fourth-order valence-corrected chi connectivity index (χ4v) is 2.15. The number of anilines is 1. The van der Waals surface area contributed by atoms with Gasteiger partial charge < -0.3 is 10.5 Å². The fraction of sp³-hybridized carbons (Fsp3) is 0.231. The molecule has 0 radical (unpaired) electrons. The molecule has 1 heterocycles. The summed E-state index contributed by atoms with van der Waals surface area (Å²) in [6, 6.07) is 8.00. The molecule has 0 aliphatic carbocycles. The third-order valence-electron chi connectivity index (χ3n) is 2.27. The van der Waals surface area contributed by atoms with Crippen molar-refractivity contribution < 1.29 is 4.74 Å². The van der Waals surface area contributed by atoms with Gasteiger partial charge in [0.25, 0.3) is 0 Å². The van der Waals surface area contributed by atoms with Crippen LogP contribution in [-0.4, -0.2) is 22.3 Å². The van der Waals surface area contributed by atoms with Crippen LogP contribution in [0.1, 0.15) is 5.56 Å². The van der Waals surface area contributed by atoms with Gasteiger partial charge in [0.2, 0.25) is 0 Å². The lowest BCUT2D eigenvalue weighted by Crippen LogP contribution is -2.02. The second kappa shape index (κ2) is 6.26. The quantitative estimate of drug-likeness (QED) is 0.662. The number of hydrogen-bond donors (Lipinski definition) is 1. The van der Waals surface area contributed by atoms with Crippen LogP contribution < -0.4 is 10.5 Å². The molecule has 4 nitrogen and oxygen atoms in total.